The van der Waals surface area contributed by atoms with Gasteiger partial charge in [-0.3, -0.25) is 4.79 Å². The number of aromatic carboxylic acids is 1. The second kappa shape index (κ2) is 7.76. The number of carbonyl (C=O) groups is 2. The molecule has 2 aromatic rings. The molecule has 1 fully saturated rings. The number of thiophene rings is 1. The molecule has 8 heteroatoms. The first kappa shape index (κ1) is 19.8. The SMILES string of the molecule is CC1(C)CCc2c(sc(NC(=O)c3ccnc(N4CCOCC4)c3)c2C(=O)O)C1. The van der Waals surface area contributed by atoms with Crippen molar-refractivity contribution in [3.8, 4) is 0 Å². The fourth-order valence-electron chi connectivity index (χ4n) is 3.92. The monoisotopic (exact) mass is 415 g/mol. The van der Waals surface area contributed by atoms with Crippen LogP contribution in [0, 0.1) is 5.41 Å². The molecule has 2 aliphatic rings. The average molecular weight is 416 g/mol. The zero-order valence-electron chi connectivity index (χ0n) is 16.7. The van der Waals surface area contributed by atoms with Crippen LogP contribution < -0.4 is 10.2 Å². The summed E-state index contributed by atoms with van der Waals surface area (Å²) >= 11 is 1.39. The van der Waals surface area contributed by atoms with Crippen LogP contribution in [0.15, 0.2) is 18.3 Å². The molecule has 0 bridgehead atoms. The van der Waals surface area contributed by atoms with E-state index in [1.807, 2.05) is 0 Å². The molecule has 1 amide bonds. The third-order valence-electron chi connectivity index (χ3n) is 5.57. The number of hydrogen-bond donors (Lipinski definition) is 2. The molecular formula is C21H25N3O4S. The quantitative estimate of drug-likeness (QED) is 0.795. The number of ether oxygens (including phenoxy) is 1. The number of amides is 1. The average Bonchev–Trinajstić information content (AvgIpc) is 3.04. The normalized spacial score (nSPS) is 18.2. The molecule has 2 aromatic heterocycles. The van der Waals surface area contributed by atoms with Gasteiger partial charge in [0.2, 0.25) is 0 Å². The number of anilines is 2. The molecule has 29 heavy (non-hydrogen) atoms. The molecule has 1 aliphatic heterocycles. The molecule has 0 aromatic carbocycles. The summed E-state index contributed by atoms with van der Waals surface area (Å²) in [5.74, 6) is -0.574. The summed E-state index contributed by atoms with van der Waals surface area (Å²) in [7, 11) is 0. The van der Waals surface area contributed by atoms with Gasteiger partial charge in [0.05, 0.1) is 18.8 Å². The lowest BCUT2D eigenvalue weighted by Gasteiger charge is -2.29. The molecule has 154 valence electrons. The van der Waals surface area contributed by atoms with Crippen molar-refractivity contribution in [1.82, 2.24) is 4.98 Å². The van der Waals surface area contributed by atoms with E-state index < -0.39 is 5.97 Å². The van der Waals surface area contributed by atoms with Crippen LogP contribution in [0.25, 0.3) is 0 Å². The lowest BCUT2D eigenvalue weighted by molar-refractivity contribution is 0.0696. The van der Waals surface area contributed by atoms with Crippen molar-refractivity contribution < 1.29 is 19.4 Å². The van der Waals surface area contributed by atoms with Gasteiger partial charge in [0.1, 0.15) is 10.8 Å². The van der Waals surface area contributed by atoms with E-state index in [1.165, 1.54) is 11.3 Å². The van der Waals surface area contributed by atoms with Gasteiger partial charge >= 0.3 is 5.97 Å². The summed E-state index contributed by atoms with van der Waals surface area (Å²) in [4.78, 5) is 32.3. The van der Waals surface area contributed by atoms with Gasteiger partial charge in [0.15, 0.2) is 0 Å². The Morgan fingerprint density at radius 3 is 2.79 bits per heavy atom. The Balaban J connectivity index is 1.59. The van der Waals surface area contributed by atoms with Crippen LogP contribution in [0.5, 0.6) is 0 Å². The van der Waals surface area contributed by atoms with E-state index in [0.717, 1.165) is 48.6 Å². The van der Waals surface area contributed by atoms with Gasteiger partial charge < -0.3 is 20.1 Å². The molecular weight excluding hydrogens is 390 g/mol. The number of nitrogens with zero attached hydrogens (tertiary/aromatic N) is 2. The van der Waals surface area contributed by atoms with Crippen LogP contribution in [0.3, 0.4) is 0 Å². The van der Waals surface area contributed by atoms with E-state index in [4.69, 9.17) is 4.74 Å². The topological polar surface area (TPSA) is 91.8 Å². The Morgan fingerprint density at radius 2 is 2.07 bits per heavy atom. The van der Waals surface area contributed by atoms with Crippen molar-refractivity contribution in [3.05, 3.63) is 39.9 Å². The molecule has 2 N–H and O–H groups in total. The first-order chi connectivity index (χ1) is 13.8. The second-order valence-corrected chi connectivity index (χ2v) is 9.42. The number of carbonyl (C=O) groups excluding carboxylic acids is 1. The highest BCUT2D eigenvalue weighted by Crippen LogP contribution is 2.43. The van der Waals surface area contributed by atoms with Crippen molar-refractivity contribution >= 4 is 34.0 Å². The van der Waals surface area contributed by atoms with E-state index in [0.29, 0.717) is 23.8 Å². The molecule has 3 heterocycles. The summed E-state index contributed by atoms with van der Waals surface area (Å²) in [5, 5.41) is 13.0. The molecule has 7 nitrogen and oxygen atoms in total. The number of hydrogen-bond acceptors (Lipinski definition) is 6. The van der Waals surface area contributed by atoms with Gasteiger partial charge in [-0.1, -0.05) is 13.8 Å². The van der Waals surface area contributed by atoms with E-state index in [9.17, 15) is 14.7 Å². The van der Waals surface area contributed by atoms with Crippen molar-refractivity contribution in [1.29, 1.82) is 0 Å². The van der Waals surface area contributed by atoms with Crippen molar-refractivity contribution in [2.75, 3.05) is 36.5 Å². The smallest absolute Gasteiger partial charge is 0.339 e. The van der Waals surface area contributed by atoms with Crippen LogP contribution in [0.4, 0.5) is 10.8 Å². The van der Waals surface area contributed by atoms with Crippen LogP contribution in [0.2, 0.25) is 0 Å². The van der Waals surface area contributed by atoms with Crippen LogP contribution in [0.1, 0.15) is 51.4 Å². The van der Waals surface area contributed by atoms with Crippen LogP contribution in [-0.4, -0.2) is 48.3 Å². The standard InChI is InChI=1S/C21H25N3O4S/c1-21(2)5-3-14-15(12-21)29-19(17(14)20(26)27)23-18(25)13-4-6-22-16(11-13)24-7-9-28-10-8-24/h4,6,11H,3,5,7-10,12H2,1-2H3,(H,23,25)(H,26,27). The minimum atomic E-state index is -0.985. The summed E-state index contributed by atoms with van der Waals surface area (Å²) < 4.78 is 5.36. The number of carboxylic acids is 1. The van der Waals surface area contributed by atoms with Crippen molar-refractivity contribution in [2.45, 2.75) is 33.1 Å². The molecule has 0 spiro atoms. The minimum Gasteiger partial charge on any atom is -0.478 e. The van der Waals surface area contributed by atoms with Gasteiger partial charge in [-0.25, -0.2) is 9.78 Å². The highest BCUT2D eigenvalue weighted by molar-refractivity contribution is 7.17. The van der Waals surface area contributed by atoms with Crippen molar-refractivity contribution in [3.63, 3.8) is 0 Å². The maximum Gasteiger partial charge on any atom is 0.339 e. The summed E-state index contributed by atoms with van der Waals surface area (Å²) in [6.07, 6.45) is 4.11. The predicted octanol–water partition coefficient (Wildman–Crippen LogP) is 3.45. The molecule has 1 aliphatic carbocycles. The molecule has 0 radical (unpaired) electrons. The second-order valence-electron chi connectivity index (χ2n) is 8.31. The van der Waals surface area contributed by atoms with Gasteiger partial charge in [0, 0.05) is 29.7 Å². The van der Waals surface area contributed by atoms with Gasteiger partial charge in [-0.15, -0.1) is 11.3 Å². The number of fused-ring (bicyclic) bond motifs is 1. The highest BCUT2D eigenvalue weighted by Gasteiger charge is 2.32. The summed E-state index contributed by atoms with van der Waals surface area (Å²) in [6.45, 7) is 7.12. The fraction of sp³-hybridized carbons (Fsp3) is 0.476. The molecule has 0 saturated carbocycles. The molecule has 1 saturated heterocycles. The number of aromatic nitrogens is 1. The lowest BCUT2D eigenvalue weighted by atomic mass is 9.77. The van der Waals surface area contributed by atoms with E-state index >= 15 is 0 Å². The Bertz CT molecular complexity index is 947. The van der Waals surface area contributed by atoms with Crippen LogP contribution in [-0.2, 0) is 17.6 Å². The minimum absolute atomic E-state index is 0.146. The Morgan fingerprint density at radius 1 is 1.31 bits per heavy atom. The van der Waals surface area contributed by atoms with Gasteiger partial charge in [-0.05, 0) is 42.4 Å². The summed E-state index contributed by atoms with van der Waals surface area (Å²) in [5.41, 5.74) is 1.73. The van der Waals surface area contributed by atoms with Gasteiger partial charge in [0.25, 0.3) is 5.91 Å². The number of carboxylic acid groups (broad SMARTS) is 1. The number of nitrogens with one attached hydrogen (secondary N) is 1. The number of pyridine rings is 1. The Hall–Kier alpha value is -2.45. The van der Waals surface area contributed by atoms with Crippen molar-refractivity contribution in [2.24, 2.45) is 5.41 Å². The highest BCUT2D eigenvalue weighted by atomic mass is 32.1. The first-order valence-corrected chi connectivity index (χ1v) is 10.6. The molecule has 0 atom stereocenters. The number of morpholine rings is 1. The van der Waals surface area contributed by atoms with E-state index in [2.05, 4.69) is 29.0 Å². The number of rotatable bonds is 4. The Kier molecular flexibility index (Phi) is 5.31. The van der Waals surface area contributed by atoms with E-state index in [-0.39, 0.29) is 16.9 Å². The first-order valence-electron chi connectivity index (χ1n) is 9.82. The third kappa shape index (κ3) is 4.13. The molecule has 4 rings (SSSR count). The fourth-order valence-corrected chi connectivity index (χ4v) is 5.41. The summed E-state index contributed by atoms with van der Waals surface area (Å²) in [6, 6.07) is 3.40. The van der Waals surface area contributed by atoms with E-state index in [1.54, 1.807) is 18.3 Å². The third-order valence-corrected chi connectivity index (χ3v) is 6.71. The molecule has 0 unspecified atom stereocenters. The Labute approximate surface area is 173 Å². The predicted molar refractivity (Wildman–Crippen MR) is 112 cm³/mol. The lowest BCUT2D eigenvalue weighted by Crippen LogP contribution is -2.36. The largest absolute Gasteiger partial charge is 0.478 e. The maximum absolute atomic E-state index is 12.9. The zero-order valence-corrected chi connectivity index (χ0v) is 17.5. The van der Waals surface area contributed by atoms with Gasteiger partial charge in [-0.2, -0.15) is 0 Å². The maximum atomic E-state index is 12.9. The zero-order chi connectivity index (χ0) is 20.6. The van der Waals surface area contributed by atoms with Crippen LogP contribution >= 0.6 is 11.3 Å².